The summed E-state index contributed by atoms with van der Waals surface area (Å²) in [6.45, 7) is 5.17. The molecule has 6 nitrogen and oxygen atoms in total. The van der Waals surface area contributed by atoms with Crippen LogP contribution in [-0.4, -0.2) is 27.9 Å². The molecule has 1 atom stereocenters. The van der Waals surface area contributed by atoms with Crippen molar-refractivity contribution in [3.8, 4) is 0 Å². The van der Waals surface area contributed by atoms with Crippen molar-refractivity contribution in [2.24, 2.45) is 0 Å². The lowest BCUT2D eigenvalue weighted by molar-refractivity contribution is -0.139. The predicted octanol–water partition coefficient (Wildman–Crippen LogP) is 3.20. The molecule has 0 heterocycles. The number of benzene rings is 1. The summed E-state index contributed by atoms with van der Waals surface area (Å²) in [5, 5.41) is 21.1. The number of anilines is 1. The number of rotatable bonds is 4. The van der Waals surface area contributed by atoms with Gasteiger partial charge < -0.3 is 14.9 Å². The van der Waals surface area contributed by atoms with E-state index in [-0.39, 0.29) is 10.7 Å². The highest BCUT2D eigenvalue weighted by atomic mass is 35.5. The molecule has 1 amide bonds. The lowest BCUT2D eigenvalue weighted by Crippen LogP contribution is -2.27. The SMILES string of the molecule is CC(C)(C)OC(=O)Nc1cc(C(O)CC(=O)O)ccc1Cl. The van der Waals surface area contributed by atoms with Crippen molar-refractivity contribution >= 4 is 29.4 Å². The zero-order valence-corrected chi connectivity index (χ0v) is 12.8. The van der Waals surface area contributed by atoms with Crippen LogP contribution < -0.4 is 5.32 Å². The van der Waals surface area contributed by atoms with Gasteiger partial charge in [0, 0.05) is 0 Å². The zero-order chi connectivity index (χ0) is 16.2. The first-order valence-corrected chi connectivity index (χ1v) is 6.65. The average molecular weight is 316 g/mol. The summed E-state index contributed by atoms with van der Waals surface area (Å²) in [5.74, 6) is -1.13. The van der Waals surface area contributed by atoms with Crippen molar-refractivity contribution in [1.82, 2.24) is 0 Å². The van der Waals surface area contributed by atoms with Crippen LogP contribution in [-0.2, 0) is 9.53 Å². The molecular formula is C14H18ClNO5. The van der Waals surface area contributed by atoms with Gasteiger partial charge in [-0.3, -0.25) is 10.1 Å². The maximum absolute atomic E-state index is 11.7. The number of halogens is 1. The van der Waals surface area contributed by atoms with Gasteiger partial charge in [-0.25, -0.2) is 4.79 Å². The summed E-state index contributed by atoms with van der Waals surface area (Å²) in [5.41, 5.74) is -0.0718. The van der Waals surface area contributed by atoms with Crippen molar-refractivity contribution in [2.45, 2.75) is 38.9 Å². The van der Waals surface area contributed by atoms with E-state index in [4.69, 9.17) is 21.4 Å². The fourth-order valence-corrected chi connectivity index (χ4v) is 1.71. The standard InChI is InChI=1S/C14H18ClNO5/c1-14(2,3)21-13(20)16-10-6-8(4-5-9(10)15)11(17)7-12(18)19/h4-6,11,17H,7H2,1-3H3,(H,16,20)(H,18,19). The molecule has 0 spiro atoms. The van der Waals surface area contributed by atoms with Crippen LogP contribution in [0.3, 0.4) is 0 Å². The topological polar surface area (TPSA) is 95.9 Å². The molecule has 7 heteroatoms. The van der Waals surface area contributed by atoms with Gasteiger partial charge in [0.15, 0.2) is 0 Å². The monoisotopic (exact) mass is 315 g/mol. The Labute approximate surface area is 127 Å². The number of aliphatic carboxylic acids is 1. The minimum Gasteiger partial charge on any atom is -0.481 e. The molecule has 1 rings (SSSR count). The van der Waals surface area contributed by atoms with Gasteiger partial charge in [0.05, 0.1) is 23.2 Å². The van der Waals surface area contributed by atoms with Crippen LogP contribution in [0, 0.1) is 0 Å². The van der Waals surface area contributed by atoms with Crippen molar-refractivity contribution in [3.05, 3.63) is 28.8 Å². The molecule has 21 heavy (non-hydrogen) atoms. The summed E-state index contributed by atoms with van der Waals surface area (Å²) in [7, 11) is 0. The van der Waals surface area contributed by atoms with Crippen molar-refractivity contribution in [1.29, 1.82) is 0 Å². The maximum atomic E-state index is 11.7. The second kappa shape index (κ2) is 6.78. The number of aliphatic hydroxyl groups is 1. The molecule has 0 aliphatic carbocycles. The number of carboxylic acids is 1. The Kier molecular flexibility index (Phi) is 5.57. The minimum absolute atomic E-state index is 0.243. The van der Waals surface area contributed by atoms with Crippen LogP contribution in [0.4, 0.5) is 10.5 Å². The molecule has 0 saturated heterocycles. The molecule has 0 saturated carbocycles. The Morgan fingerprint density at radius 1 is 1.38 bits per heavy atom. The van der Waals surface area contributed by atoms with E-state index in [1.54, 1.807) is 20.8 Å². The Balaban J connectivity index is 2.87. The molecule has 0 aromatic heterocycles. The number of amides is 1. The smallest absolute Gasteiger partial charge is 0.412 e. The average Bonchev–Trinajstić information content (AvgIpc) is 2.28. The first kappa shape index (κ1) is 17.3. The normalized spacial score (nSPS) is 12.6. The largest absolute Gasteiger partial charge is 0.481 e. The first-order chi connectivity index (χ1) is 9.58. The Morgan fingerprint density at radius 3 is 2.52 bits per heavy atom. The highest BCUT2D eigenvalue weighted by Crippen LogP contribution is 2.27. The molecule has 0 fully saturated rings. The second-order valence-corrected chi connectivity index (χ2v) is 5.89. The van der Waals surface area contributed by atoms with Crippen molar-refractivity contribution in [2.75, 3.05) is 5.32 Å². The van der Waals surface area contributed by atoms with Gasteiger partial charge >= 0.3 is 12.1 Å². The van der Waals surface area contributed by atoms with E-state index >= 15 is 0 Å². The molecule has 1 unspecified atom stereocenters. The molecule has 116 valence electrons. The summed E-state index contributed by atoms with van der Waals surface area (Å²) in [6, 6.07) is 4.38. The van der Waals surface area contributed by atoms with Crippen LogP contribution in [0.15, 0.2) is 18.2 Å². The van der Waals surface area contributed by atoms with Gasteiger partial charge in [-0.15, -0.1) is 0 Å². The molecule has 1 aromatic carbocycles. The summed E-state index contributed by atoms with van der Waals surface area (Å²) in [4.78, 5) is 22.3. The molecule has 1 aromatic rings. The lowest BCUT2D eigenvalue weighted by atomic mass is 10.1. The lowest BCUT2D eigenvalue weighted by Gasteiger charge is -2.20. The van der Waals surface area contributed by atoms with Gasteiger partial charge in [0.1, 0.15) is 5.60 Å². The highest BCUT2D eigenvalue weighted by Gasteiger charge is 2.18. The summed E-state index contributed by atoms with van der Waals surface area (Å²) in [6.07, 6.45) is -2.30. The number of hydrogen-bond acceptors (Lipinski definition) is 4. The third-order valence-electron chi connectivity index (χ3n) is 2.38. The number of carboxylic acid groups (broad SMARTS) is 1. The summed E-state index contributed by atoms with van der Waals surface area (Å²) < 4.78 is 5.10. The predicted molar refractivity (Wildman–Crippen MR) is 78.5 cm³/mol. The van der Waals surface area contributed by atoms with Gasteiger partial charge in [0.25, 0.3) is 0 Å². The molecule has 0 aliphatic heterocycles. The number of nitrogens with one attached hydrogen (secondary N) is 1. The third-order valence-corrected chi connectivity index (χ3v) is 2.71. The highest BCUT2D eigenvalue weighted by molar-refractivity contribution is 6.33. The molecule has 3 N–H and O–H groups in total. The van der Waals surface area contributed by atoms with E-state index in [0.29, 0.717) is 5.56 Å². The van der Waals surface area contributed by atoms with Crippen LogP contribution in [0.2, 0.25) is 5.02 Å². The maximum Gasteiger partial charge on any atom is 0.412 e. The number of carbonyl (C=O) groups is 2. The van der Waals surface area contributed by atoms with Gasteiger partial charge in [-0.05, 0) is 38.5 Å². The van der Waals surface area contributed by atoms with Gasteiger partial charge in [0.2, 0.25) is 0 Å². The van der Waals surface area contributed by atoms with Crippen molar-refractivity contribution in [3.63, 3.8) is 0 Å². The quantitative estimate of drug-likeness (QED) is 0.793. The minimum atomic E-state index is -1.18. The van der Waals surface area contributed by atoms with E-state index in [9.17, 15) is 14.7 Å². The van der Waals surface area contributed by atoms with E-state index < -0.39 is 30.2 Å². The molecule has 0 radical (unpaired) electrons. The number of hydrogen-bond donors (Lipinski definition) is 3. The fraction of sp³-hybridized carbons (Fsp3) is 0.429. The van der Waals surface area contributed by atoms with Crippen LogP contribution in [0.5, 0.6) is 0 Å². The van der Waals surface area contributed by atoms with Crippen LogP contribution in [0.25, 0.3) is 0 Å². The Hall–Kier alpha value is -1.79. The fourth-order valence-electron chi connectivity index (χ4n) is 1.54. The second-order valence-electron chi connectivity index (χ2n) is 5.48. The van der Waals surface area contributed by atoms with E-state index in [0.717, 1.165) is 0 Å². The van der Waals surface area contributed by atoms with Gasteiger partial charge in [-0.1, -0.05) is 17.7 Å². The number of carbonyl (C=O) groups excluding carboxylic acids is 1. The Morgan fingerprint density at radius 2 is 2.00 bits per heavy atom. The zero-order valence-electron chi connectivity index (χ0n) is 12.0. The third kappa shape index (κ3) is 6.01. The van der Waals surface area contributed by atoms with Crippen molar-refractivity contribution < 1.29 is 24.5 Å². The van der Waals surface area contributed by atoms with E-state index in [2.05, 4.69) is 5.32 Å². The van der Waals surface area contributed by atoms with Crippen LogP contribution >= 0.6 is 11.6 Å². The van der Waals surface area contributed by atoms with Gasteiger partial charge in [-0.2, -0.15) is 0 Å². The molecule has 0 aliphatic rings. The summed E-state index contributed by atoms with van der Waals surface area (Å²) >= 11 is 5.95. The molecular weight excluding hydrogens is 298 g/mol. The molecule has 0 bridgehead atoms. The Bertz CT molecular complexity index is 539. The van der Waals surface area contributed by atoms with E-state index in [1.807, 2.05) is 0 Å². The van der Waals surface area contributed by atoms with E-state index in [1.165, 1.54) is 18.2 Å². The number of aliphatic hydroxyl groups excluding tert-OH is 1. The number of ether oxygens (including phenoxy) is 1. The first-order valence-electron chi connectivity index (χ1n) is 6.28. The van der Waals surface area contributed by atoms with Crippen LogP contribution in [0.1, 0.15) is 38.9 Å².